The molecular weight excluding hydrogens is 346 g/mol. The highest BCUT2D eigenvalue weighted by molar-refractivity contribution is 7.09. The molecule has 1 saturated heterocycles. The zero-order valence-corrected chi connectivity index (χ0v) is 14.7. The van der Waals surface area contributed by atoms with Crippen molar-refractivity contribution in [3.63, 3.8) is 0 Å². The second kappa shape index (κ2) is 6.18. The molecule has 3 heterocycles. The molecule has 24 heavy (non-hydrogen) atoms. The number of nitrogens with zero attached hydrogens (tertiary/aromatic N) is 3. The van der Waals surface area contributed by atoms with Crippen LogP contribution in [0.25, 0.3) is 11.1 Å². The van der Waals surface area contributed by atoms with Crippen molar-refractivity contribution in [2.75, 3.05) is 13.1 Å². The first-order valence-electron chi connectivity index (χ1n) is 7.87. The van der Waals surface area contributed by atoms with Crippen LogP contribution in [0.5, 0.6) is 0 Å². The summed E-state index contributed by atoms with van der Waals surface area (Å²) in [5.74, 6) is 0.989. The summed E-state index contributed by atoms with van der Waals surface area (Å²) in [5.41, 5.74) is 2.09. The topological polar surface area (TPSA) is 59.2 Å². The Balaban J connectivity index is 1.46. The number of oxazole rings is 1. The monoisotopic (exact) mass is 361 g/mol. The Bertz CT molecular complexity index is 896. The zero-order valence-electron chi connectivity index (χ0n) is 13.2. The van der Waals surface area contributed by atoms with Crippen molar-refractivity contribution in [1.29, 1.82) is 0 Å². The van der Waals surface area contributed by atoms with Gasteiger partial charge in [-0.2, -0.15) is 0 Å². The first-order valence-corrected chi connectivity index (χ1v) is 9.13. The van der Waals surface area contributed by atoms with Crippen molar-refractivity contribution in [1.82, 2.24) is 14.9 Å². The number of fused-ring (bicyclic) bond motifs is 1. The molecule has 1 aromatic carbocycles. The Morgan fingerprint density at radius 3 is 2.83 bits per heavy atom. The maximum Gasteiger partial charge on any atom is 0.273 e. The molecule has 1 aliphatic rings. The molecule has 0 bridgehead atoms. The van der Waals surface area contributed by atoms with Crippen LogP contribution in [0.1, 0.15) is 40.1 Å². The van der Waals surface area contributed by atoms with Gasteiger partial charge in [0.15, 0.2) is 11.5 Å². The molecule has 4 rings (SSSR count). The van der Waals surface area contributed by atoms with Gasteiger partial charge in [0.1, 0.15) is 11.2 Å². The van der Waals surface area contributed by atoms with Crippen LogP contribution >= 0.6 is 22.9 Å². The normalized spacial score (nSPS) is 16.0. The third-order valence-corrected chi connectivity index (χ3v) is 5.34. The molecule has 0 N–H and O–H groups in total. The second-order valence-corrected chi connectivity index (χ2v) is 7.48. The standard InChI is InChI=1S/C17H16ClN3O2S/c1-10-19-14(9-24-10)17(22)21-6-4-11(5-7-21)16-20-13-8-12(18)2-3-15(13)23-16/h2-3,8-9,11H,4-7H2,1H3. The average Bonchev–Trinajstić information content (AvgIpc) is 3.20. The van der Waals surface area contributed by atoms with Gasteiger partial charge in [-0.3, -0.25) is 4.79 Å². The van der Waals surface area contributed by atoms with E-state index in [4.69, 9.17) is 16.0 Å². The van der Waals surface area contributed by atoms with Crippen molar-refractivity contribution < 1.29 is 9.21 Å². The van der Waals surface area contributed by atoms with Crippen LogP contribution in [0.4, 0.5) is 0 Å². The van der Waals surface area contributed by atoms with E-state index >= 15 is 0 Å². The van der Waals surface area contributed by atoms with Crippen LogP contribution in [0.2, 0.25) is 5.02 Å². The quantitative estimate of drug-likeness (QED) is 0.684. The summed E-state index contributed by atoms with van der Waals surface area (Å²) in [6.45, 7) is 3.30. The number of thiazole rings is 1. The Hall–Kier alpha value is -1.92. The summed E-state index contributed by atoms with van der Waals surface area (Å²) in [6.07, 6.45) is 1.69. The lowest BCUT2D eigenvalue weighted by Crippen LogP contribution is -2.38. The fourth-order valence-electron chi connectivity index (χ4n) is 3.05. The molecule has 0 aliphatic carbocycles. The summed E-state index contributed by atoms with van der Waals surface area (Å²) < 4.78 is 5.86. The van der Waals surface area contributed by atoms with Crippen LogP contribution in [0.3, 0.4) is 0 Å². The van der Waals surface area contributed by atoms with E-state index in [0.29, 0.717) is 23.8 Å². The Morgan fingerprint density at radius 1 is 1.33 bits per heavy atom. The van der Waals surface area contributed by atoms with Crippen LogP contribution in [-0.4, -0.2) is 33.9 Å². The number of benzene rings is 1. The van der Waals surface area contributed by atoms with Crippen LogP contribution in [0, 0.1) is 6.92 Å². The van der Waals surface area contributed by atoms with Crippen LogP contribution in [0.15, 0.2) is 28.0 Å². The van der Waals surface area contributed by atoms with Crippen molar-refractivity contribution in [2.45, 2.75) is 25.7 Å². The molecule has 124 valence electrons. The lowest BCUT2D eigenvalue weighted by molar-refractivity contribution is 0.0701. The number of likely N-dealkylation sites (tertiary alicyclic amines) is 1. The number of aryl methyl sites for hydroxylation is 1. The average molecular weight is 362 g/mol. The predicted octanol–water partition coefficient (Wildman–Crippen LogP) is 4.27. The highest BCUT2D eigenvalue weighted by Crippen LogP contribution is 2.31. The minimum absolute atomic E-state index is 0.0159. The minimum Gasteiger partial charge on any atom is -0.440 e. The van der Waals surface area contributed by atoms with Gasteiger partial charge in [0.05, 0.1) is 5.01 Å². The number of carbonyl (C=O) groups excluding carboxylic acids is 1. The number of carbonyl (C=O) groups is 1. The Labute approximate surface area is 148 Å². The number of piperidine rings is 1. The molecule has 0 atom stereocenters. The van der Waals surface area contributed by atoms with Crippen LogP contribution in [-0.2, 0) is 0 Å². The van der Waals surface area contributed by atoms with E-state index in [-0.39, 0.29) is 11.8 Å². The number of hydrogen-bond donors (Lipinski definition) is 0. The summed E-state index contributed by atoms with van der Waals surface area (Å²) in [4.78, 5) is 23.2. The van der Waals surface area contributed by atoms with Crippen molar-refractivity contribution >= 4 is 39.9 Å². The predicted molar refractivity (Wildman–Crippen MR) is 93.7 cm³/mol. The summed E-state index contributed by atoms with van der Waals surface area (Å²) in [7, 11) is 0. The summed E-state index contributed by atoms with van der Waals surface area (Å²) >= 11 is 7.50. The number of halogens is 1. The van der Waals surface area contributed by atoms with Crippen molar-refractivity contribution in [3.05, 3.63) is 45.2 Å². The number of hydrogen-bond acceptors (Lipinski definition) is 5. The van der Waals surface area contributed by atoms with Gasteiger partial charge in [0, 0.05) is 29.4 Å². The molecular formula is C17H16ClN3O2S. The molecule has 5 nitrogen and oxygen atoms in total. The SMILES string of the molecule is Cc1nc(C(=O)N2CCC(c3nc4cc(Cl)ccc4o3)CC2)cs1. The Kier molecular flexibility index (Phi) is 4.02. The fourth-order valence-corrected chi connectivity index (χ4v) is 3.80. The fraction of sp³-hybridized carbons (Fsp3) is 0.353. The van der Waals surface area contributed by atoms with Crippen LogP contribution < -0.4 is 0 Å². The highest BCUT2D eigenvalue weighted by Gasteiger charge is 2.28. The third-order valence-electron chi connectivity index (χ3n) is 4.34. The van der Waals surface area contributed by atoms with Gasteiger partial charge in [-0.05, 0) is 38.0 Å². The van der Waals surface area contributed by atoms with E-state index in [2.05, 4.69) is 9.97 Å². The Morgan fingerprint density at radius 2 is 2.12 bits per heavy atom. The zero-order chi connectivity index (χ0) is 16.7. The summed E-state index contributed by atoms with van der Waals surface area (Å²) in [5, 5.41) is 3.40. The van der Waals surface area contributed by atoms with Gasteiger partial charge in [0.2, 0.25) is 0 Å². The summed E-state index contributed by atoms with van der Waals surface area (Å²) in [6, 6.07) is 5.46. The van der Waals surface area contributed by atoms with E-state index in [0.717, 1.165) is 34.8 Å². The molecule has 1 fully saturated rings. The molecule has 0 unspecified atom stereocenters. The van der Waals surface area contributed by atoms with Gasteiger partial charge in [-0.1, -0.05) is 11.6 Å². The highest BCUT2D eigenvalue weighted by atomic mass is 35.5. The first kappa shape index (κ1) is 15.6. The number of rotatable bonds is 2. The molecule has 3 aromatic rings. The lowest BCUT2D eigenvalue weighted by Gasteiger charge is -2.30. The van der Waals surface area contributed by atoms with Crippen molar-refractivity contribution in [3.8, 4) is 0 Å². The third kappa shape index (κ3) is 2.91. The van der Waals surface area contributed by atoms with Crippen molar-refractivity contribution in [2.24, 2.45) is 0 Å². The number of amides is 1. The molecule has 0 saturated carbocycles. The van der Waals surface area contributed by atoms with E-state index < -0.39 is 0 Å². The van der Waals surface area contributed by atoms with Gasteiger partial charge >= 0.3 is 0 Å². The van der Waals surface area contributed by atoms with Gasteiger partial charge in [-0.25, -0.2) is 9.97 Å². The largest absolute Gasteiger partial charge is 0.440 e. The minimum atomic E-state index is 0.0159. The maximum atomic E-state index is 12.5. The maximum absolute atomic E-state index is 12.5. The smallest absolute Gasteiger partial charge is 0.273 e. The second-order valence-electron chi connectivity index (χ2n) is 5.98. The molecule has 0 radical (unpaired) electrons. The van der Waals surface area contributed by atoms with Gasteiger partial charge in [0.25, 0.3) is 5.91 Å². The lowest BCUT2D eigenvalue weighted by atomic mass is 9.96. The van der Waals surface area contributed by atoms with Gasteiger partial charge in [-0.15, -0.1) is 11.3 Å². The molecule has 2 aromatic heterocycles. The number of aromatic nitrogens is 2. The van der Waals surface area contributed by atoms with E-state index in [1.54, 1.807) is 6.07 Å². The molecule has 7 heteroatoms. The molecule has 1 amide bonds. The van der Waals surface area contributed by atoms with Gasteiger partial charge < -0.3 is 9.32 Å². The van der Waals surface area contributed by atoms with E-state index in [9.17, 15) is 4.79 Å². The van der Waals surface area contributed by atoms with E-state index in [1.807, 2.05) is 29.3 Å². The first-order chi connectivity index (χ1) is 11.6. The molecule has 0 spiro atoms. The van der Waals surface area contributed by atoms with E-state index in [1.165, 1.54) is 11.3 Å². The molecule has 1 aliphatic heterocycles.